The largest absolute Gasteiger partial charge is 0.495 e. The van der Waals surface area contributed by atoms with Gasteiger partial charge in [-0.1, -0.05) is 0 Å². The molecule has 0 aliphatic rings. The maximum absolute atomic E-state index is 13.6. The summed E-state index contributed by atoms with van der Waals surface area (Å²) in [7, 11) is -2.28. The molecule has 1 aromatic carbocycles. The van der Waals surface area contributed by atoms with Gasteiger partial charge in [0.05, 0.1) is 28.6 Å². The third kappa shape index (κ3) is 2.88. The van der Waals surface area contributed by atoms with Crippen LogP contribution in [0.4, 0.5) is 10.2 Å². The molecule has 0 fully saturated rings. The van der Waals surface area contributed by atoms with E-state index in [4.69, 9.17) is 10.5 Å². The summed E-state index contributed by atoms with van der Waals surface area (Å²) in [6.45, 7) is 4.84. The van der Waals surface area contributed by atoms with Crippen LogP contribution >= 0.6 is 0 Å². The zero-order chi connectivity index (χ0) is 19.3. The standard InChI is InChI=1S/C17H19FN4O3S/c1-17(2,3)26(23,24)14-8-12-11(7-13(14)25-4)20-9-22(12)10-5-15(18)21-16(19)6-10/h5-9H,1-4H3,(H2,19,21). The second-order valence-electron chi connectivity index (χ2n) is 6.80. The molecule has 0 atom stereocenters. The first-order valence-electron chi connectivity index (χ1n) is 7.78. The number of halogens is 1. The molecule has 2 heterocycles. The minimum atomic E-state index is -3.68. The fourth-order valence-corrected chi connectivity index (χ4v) is 3.90. The van der Waals surface area contributed by atoms with Crippen molar-refractivity contribution in [1.82, 2.24) is 14.5 Å². The minimum Gasteiger partial charge on any atom is -0.495 e. The Balaban J connectivity index is 2.32. The summed E-state index contributed by atoms with van der Waals surface area (Å²) in [4.78, 5) is 7.80. The van der Waals surface area contributed by atoms with Gasteiger partial charge in [0.2, 0.25) is 5.95 Å². The van der Waals surface area contributed by atoms with Gasteiger partial charge in [-0.2, -0.15) is 4.39 Å². The Morgan fingerprint density at radius 1 is 1.19 bits per heavy atom. The summed E-state index contributed by atoms with van der Waals surface area (Å²) in [6.07, 6.45) is 1.46. The van der Waals surface area contributed by atoms with Crippen LogP contribution in [-0.2, 0) is 9.84 Å². The normalized spacial score (nSPS) is 12.5. The van der Waals surface area contributed by atoms with Crippen molar-refractivity contribution in [2.45, 2.75) is 30.4 Å². The Labute approximate surface area is 150 Å². The number of hydrogen-bond acceptors (Lipinski definition) is 6. The summed E-state index contributed by atoms with van der Waals surface area (Å²) in [5, 5.41) is 0. The fourth-order valence-electron chi connectivity index (χ4n) is 2.56. The highest BCUT2D eigenvalue weighted by Crippen LogP contribution is 2.35. The number of methoxy groups -OCH3 is 1. The van der Waals surface area contributed by atoms with Gasteiger partial charge >= 0.3 is 0 Å². The van der Waals surface area contributed by atoms with Crippen LogP contribution in [-0.4, -0.2) is 34.8 Å². The van der Waals surface area contributed by atoms with Crippen LogP contribution in [0.3, 0.4) is 0 Å². The summed E-state index contributed by atoms with van der Waals surface area (Å²) in [5.41, 5.74) is 6.99. The van der Waals surface area contributed by atoms with Gasteiger partial charge in [-0.3, -0.25) is 4.57 Å². The van der Waals surface area contributed by atoms with Crippen molar-refractivity contribution in [3.05, 3.63) is 36.5 Å². The maximum atomic E-state index is 13.6. The molecule has 3 aromatic rings. The summed E-state index contributed by atoms with van der Waals surface area (Å²) in [6, 6.07) is 5.70. The molecule has 0 amide bonds. The van der Waals surface area contributed by atoms with E-state index in [0.29, 0.717) is 16.7 Å². The van der Waals surface area contributed by atoms with E-state index in [0.717, 1.165) is 0 Å². The van der Waals surface area contributed by atoms with E-state index in [1.54, 1.807) is 31.4 Å². The number of fused-ring (bicyclic) bond motifs is 1. The molecular weight excluding hydrogens is 359 g/mol. The number of imidazole rings is 1. The number of hydrogen-bond donors (Lipinski definition) is 1. The summed E-state index contributed by atoms with van der Waals surface area (Å²) < 4.78 is 45.3. The number of pyridine rings is 1. The Morgan fingerprint density at radius 2 is 1.88 bits per heavy atom. The molecule has 0 spiro atoms. The molecular formula is C17H19FN4O3S. The van der Waals surface area contributed by atoms with Gasteiger partial charge in [0.25, 0.3) is 0 Å². The average molecular weight is 378 g/mol. The maximum Gasteiger partial charge on any atom is 0.216 e. The van der Waals surface area contributed by atoms with Crippen LogP contribution < -0.4 is 10.5 Å². The predicted molar refractivity (Wildman–Crippen MR) is 96.7 cm³/mol. The molecule has 7 nitrogen and oxygen atoms in total. The fraction of sp³-hybridized carbons (Fsp3) is 0.294. The van der Waals surface area contributed by atoms with E-state index < -0.39 is 20.5 Å². The lowest BCUT2D eigenvalue weighted by molar-refractivity contribution is 0.402. The lowest BCUT2D eigenvalue weighted by Gasteiger charge is -2.21. The number of aromatic nitrogens is 3. The molecule has 0 bridgehead atoms. The molecule has 0 unspecified atom stereocenters. The summed E-state index contributed by atoms with van der Waals surface area (Å²) in [5.74, 6) is -0.520. The number of benzene rings is 1. The number of rotatable bonds is 3. The molecule has 0 saturated carbocycles. The van der Waals surface area contributed by atoms with E-state index >= 15 is 0 Å². The van der Waals surface area contributed by atoms with Gasteiger partial charge in [-0.15, -0.1) is 0 Å². The highest BCUT2D eigenvalue weighted by Gasteiger charge is 2.34. The van der Waals surface area contributed by atoms with Crippen molar-refractivity contribution < 1.29 is 17.5 Å². The van der Waals surface area contributed by atoms with Crippen LogP contribution in [0.1, 0.15) is 20.8 Å². The van der Waals surface area contributed by atoms with Crippen molar-refractivity contribution in [1.29, 1.82) is 0 Å². The van der Waals surface area contributed by atoms with Crippen molar-refractivity contribution in [3.8, 4) is 11.4 Å². The highest BCUT2D eigenvalue weighted by atomic mass is 32.2. The topological polar surface area (TPSA) is 100 Å². The Kier molecular flexibility index (Phi) is 4.14. The average Bonchev–Trinajstić information content (AvgIpc) is 2.94. The van der Waals surface area contributed by atoms with Gasteiger partial charge in [0, 0.05) is 18.2 Å². The molecule has 26 heavy (non-hydrogen) atoms. The predicted octanol–water partition coefficient (Wildman–Crippen LogP) is 2.72. The Bertz CT molecular complexity index is 1080. The minimum absolute atomic E-state index is 0.0119. The van der Waals surface area contributed by atoms with Crippen LogP contribution in [0.2, 0.25) is 0 Å². The SMILES string of the molecule is COc1cc2ncn(-c3cc(N)nc(F)c3)c2cc1S(=O)(=O)C(C)(C)C. The number of nitrogen functional groups attached to an aromatic ring is 1. The number of sulfone groups is 1. The van der Waals surface area contributed by atoms with Crippen LogP contribution in [0.25, 0.3) is 16.7 Å². The molecule has 2 N–H and O–H groups in total. The number of ether oxygens (including phenoxy) is 1. The van der Waals surface area contributed by atoms with Crippen LogP contribution in [0.15, 0.2) is 35.5 Å². The lowest BCUT2D eigenvalue weighted by atomic mass is 10.2. The smallest absolute Gasteiger partial charge is 0.216 e. The van der Waals surface area contributed by atoms with Crippen LogP contribution in [0.5, 0.6) is 5.75 Å². The first-order chi connectivity index (χ1) is 12.0. The lowest BCUT2D eigenvalue weighted by Crippen LogP contribution is -2.28. The quantitative estimate of drug-likeness (QED) is 0.704. The molecule has 3 rings (SSSR count). The molecule has 0 saturated heterocycles. The molecule has 2 aromatic heterocycles. The Morgan fingerprint density at radius 3 is 2.46 bits per heavy atom. The van der Waals surface area contributed by atoms with E-state index in [1.165, 1.54) is 31.6 Å². The van der Waals surface area contributed by atoms with Gasteiger partial charge in [-0.05, 0) is 26.8 Å². The van der Waals surface area contributed by atoms with Gasteiger partial charge in [-0.25, -0.2) is 18.4 Å². The number of anilines is 1. The molecule has 138 valence electrons. The van der Waals surface area contributed by atoms with E-state index in [9.17, 15) is 12.8 Å². The van der Waals surface area contributed by atoms with Crippen LogP contribution in [0, 0.1) is 5.95 Å². The second-order valence-corrected chi connectivity index (χ2v) is 9.47. The first kappa shape index (κ1) is 18.1. The second kappa shape index (κ2) is 5.94. The summed E-state index contributed by atoms with van der Waals surface area (Å²) >= 11 is 0. The van der Waals surface area contributed by atoms with Gasteiger partial charge < -0.3 is 10.5 Å². The van der Waals surface area contributed by atoms with Crippen molar-refractivity contribution in [2.24, 2.45) is 0 Å². The third-order valence-corrected chi connectivity index (χ3v) is 6.52. The number of nitrogens with zero attached hydrogens (tertiary/aromatic N) is 3. The molecule has 0 aliphatic heterocycles. The van der Waals surface area contributed by atoms with E-state index in [-0.39, 0.29) is 16.5 Å². The Hall–Kier alpha value is -2.68. The molecule has 9 heteroatoms. The zero-order valence-corrected chi connectivity index (χ0v) is 15.6. The number of nitrogens with two attached hydrogens (primary N) is 1. The van der Waals surface area contributed by atoms with E-state index in [2.05, 4.69) is 9.97 Å². The zero-order valence-electron chi connectivity index (χ0n) is 14.8. The van der Waals surface area contributed by atoms with Crippen molar-refractivity contribution in [3.63, 3.8) is 0 Å². The third-order valence-electron chi connectivity index (χ3n) is 4.01. The first-order valence-corrected chi connectivity index (χ1v) is 9.26. The van der Waals surface area contributed by atoms with Gasteiger partial charge in [0.15, 0.2) is 9.84 Å². The van der Waals surface area contributed by atoms with Crippen molar-refractivity contribution in [2.75, 3.05) is 12.8 Å². The molecule has 0 aliphatic carbocycles. The van der Waals surface area contributed by atoms with E-state index in [1.807, 2.05) is 0 Å². The van der Waals surface area contributed by atoms with Crippen molar-refractivity contribution >= 4 is 26.7 Å². The monoisotopic (exact) mass is 378 g/mol. The molecule has 0 radical (unpaired) electrons. The van der Waals surface area contributed by atoms with Gasteiger partial charge in [0.1, 0.15) is 22.8 Å². The highest BCUT2D eigenvalue weighted by molar-refractivity contribution is 7.92.